The standard InChI is InChI=1S/C13H11FN2O2/c1-8-6-12(17)9(7-15-8)13(18)16-11-5-3-2-4-10(11)14/h2-7H,1H3,(H,15,17)(H,16,18). The van der Waals surface area contributed by atoms with Crippen molar-refractivity contribution in [3.05, 3.63) is 63.8 Å². The number of nitrogens with one attached hydrogen (secondary N) is 2. The van der Waals surface area contributed by atoms with Crippen molar-refractivity contribution in [1.82, 2.24) is 4.98 Å². The predicted octanol–water partition coefficient (Wildman–Crippen LogP) is 2.07. The van der Waals surface area contributed by atoms with Gasteiger partial charge in [0, 0.05) is 18.0 Å². The number of carbonyl (C=O) groups excluding carboxylic acids is 1. The van der Waals surface area contributed by atoms with Crippen LogP contribution in [0.3, 0.4) is 0 Å². The van der Waals surface area contributed by atoms with E-state index in [9.17, 15) is 14.0 Å². The summed E-state index contributed by atoms with van der Waals surface area (Å²) in [4.78, 5) is 26.2. The highest BCUT2D eigenvalue weighted by Gasteiger charge is 2.12. The lowest BCUT2D eigenvalue weighted by Crippen LogP contribution is -2.22. The number of aromatic amines is 1. The first kappa shape index (κ1) is 12.0. The zero-order chi connectivity index (χ0) is 13.1. The Hall–Kier alpha value is -2.43. The maximum Gasteiger partial charge on any atom is 0.261 e. The molecule has 0 aliphatic rings. The van der Waals surface area contributed by atoms with Gasteiger partial charge >= 0.3 is 0 Å². The van der Waals surface area contributed by atoms with Gasteiger partial charge in [0.25, 0.3) is 5.91 Å². The summed E-state index contributed by atoms with van der Waals surface area (Å²) in [6.07, 6.45) is 1.31. The monoisotopic (exact) mass is 246 g/mol. The number of carbonyl (C=O) groups is 1. The van der Waals surface area contributed by atoms with Gasteiger partial charge in [-0.05, 0) is 19.1 Å². The summed E-state index contributed by atoms with van der Waals surface area (Å²) < 4.78 is 13.3. The van der Waals surface area contributed by atoms with E-state index >= 15 is 0 Å². The molecule has 0 saturated heterocycles. The smallest absolute Gasteiger partial charge is 0.261 e. The van der Waals surface area contributed by atoms with Crippen LogP contribution in [0.5, 0.6) is 0 Å². The Kier molecular flexibility index (Phi) is 3.23. The number of hydrogen-bond acceptors (Lipinski definition) is 2. The summed E-state index contributed by atoms with van der Waals surface area (Å²) in [7, 11) is 0. The highest BCUT2D eigenvalue weighted by molar-refractivity contribution is 6.04. The Labute approximate surface area is 102 Å². The van der Waals surface area contributed by atoms with Gasteiger partial charge in [0.1, 0.15) is 11.4 Å². The van der Waals surface area contributed by atoms with Gasteiger partial charge in [-0.1, -0.05) is 12.1 Å². The third-order valence-corrected chi connectivity index (χ3v) is 2.42. The normalized spacial score (nSPS) is 10.1. The average Bonchev–Trinajstić information content (AvgIpc) is 2.32. The van der Waals surface area contributed by atoms with E-state index in [1.807, 2.05) is 0 Å². The fraction of sp³-hybridized carbons (Fsp3) is 0.0769. The second-order valence-electron chi connectivity index (χ2n) is 3.83. The number of rotatable bonds is 2. The molecule has 0 aliphatic carbocycles. The van der Waals surface area contributed by atoms with E-state index in [0.29, 0.717) is 5.69 Å². The molecular weight excluding hydrogens is 235 g/mol. The van der Waals surface area contributed by atoms with Crippen LogP contribution in [-0.2, 0) is 0 Å². The molecule has 0 aliphatic heterocycles. The van der Waals surface area contributed by atoms with Crippen molar-refractivity contribution in [2.24, 2.45) is 0 Å². The number of hydrogen-bond donors (Lipinski definition) is 2. The highest BCUT2D eigenvalue weighted by Crippen LogP contribution is 2.12. The molecule has 0 radical (unpaired) electrons. The molecule has 0 bridgehead atoms. The van der Waals surface area contributed by atoms with Gasteiger partial charge in [-0.25, -0.2) is 4.39 Å². The molecule has 1 amide bonds. The minimum absolute atomic E-state index is 0.0440. The molecule has 1 heterocycles. The average molecular weight is 246 g/mol. The number of aryl methyl sites for hydroxylation is 1. The molecule has 2 N–H and O–H groups in total. The van der Waals surface area contributed by atoms with Crippen molar-refractivity contribution >= 4 is 11.6 Å². The Morgan fingerprint density at radius 3 is 2.72 bits per heavy atom. The number of anilines is 1. The SMILES string of the molecule is Cc1cc(=O)c(C(=O)Nc2ccccc2F)c[nH]1. The van der Waals surface area contributed by atoms with Crippen LogP contribution >= 0.6 is 0 Å². The Bertz CT molecular complexity index is 649. The van der Waals surface area contributed by atoms with Crippen LogP contribution in [0.25, 0.3) is 0 Å². The van der Waals surface area contributed by atoms with E-state index in [2.05, 4.69) is 10.3 Å². The van der Waals surface area contributed by atoms with E-state index in [1.165, 1.54) is 30.5 Å². The minimum Gasteiger partial charge on any atom is -0.364 e. The molecule has 18 heavy (non-hydrogen) atoms. The van der Waals surface area contributed by atoms with Crippen LogP contribution in [-0.4, -0.2) is 10.9 Å². The molecule has 0 spiro atoms. The van der Waals surface area contributed by atoms with Gasteiger partial charge in [0.15, 0.2) is 5.43 Å². The van der Waals surface area contributed by atoms with Gasteiger partial charge in [-0.3, -0.25) is 9.59 Å². The van der Waals surface area contributed by atoms with Crippen LogP contribution < -0.4 is 10.7 Å². The fourth-order valence-corrected chi connectivity index (χ4v) is 1.50. The van der Waals surface area contributed by atoms with Crippen molar-refractivity contribution in [1.29, 1.82) is 0 Å². The number of H-pyrrole nitrogens is 1. The quantitative estimate of drug-likeness (QED) is 0.852. The first-order chi connectivity index (χ1) is 8.58. The number of amides is 1. The van der Waals surface area contributed by atoms with Crippen LogP contribution in [0.15, 0.2) is 41.3 Å². The molecule has 1 aromatic heterocycles. The van der Waals surface area contributed by atoms with Crippen molar-refractivity contribution < 1.29 is 9.18 Å². The first-order valence-corrected chi connectivity index (χ1v) is 5.33. The number of pyridine rings is 1. The molecule has 2 aromatic rings. The van der Waals surface area contributed by atoms with E-state index in [0.717, 1.165) is 0 Å². The summed E-state index contributed by atoms with van der Waals surface area (Å²) in [6.45, 7) is 1.71. The molecule has 1 aromatic carbocycles. The first-order valence-electron chi connectivity index (χ1n) is 5.33. The van der Waals surface area contributed by atoms with E-state index in [-0.39, 0.29) is 11.3 Å². The van der Waals surface area contributed by atoms with Crippen molar-refractivity contribution in [3.8, 4) is 0 Å². The maximum atomic E-state index is 13.3. The molecule has 0 saturated carbocycles. The van der Waals surface area contributed by atoms with Crippen molar-refractivity contribution in [2.45, 2.75) is 6.92 Å². The topological polar surface area (TPSA) is 62.0 Å². The molecule has 2 rings (SSSR count). The fourth-order valence-electron chi connectivity index (χ4n) is 1.50. The third-order valence-electron chi connectivity index (χ3n) is 2.42. The van der Waals surface area contributed by atoms with Gasteiger partial charge in [0.2, 0.25) is 0 Å². The van der Waals surface area contributed by atoms with E-state index in [1.54, 1.807) is 13.0 Å². The van der Waals surface area contributed by atoms with Crippen molar-refractivity contribution in [3.63, 3.8) is 0 Å². The Balaban J connectivity index is 2.28. The van der Waals surface area contributed by atoms with Gasteiger partial charge in [-0.2, -0.15) is 0 Å². The molecule has 92 valence electrons. The molecular formula is C13H11FN2O2. The van der Waals surface area contributed by atoms with E-state index in [4.69, 9.17) is 0 Å². The van der Waals surface area contributed by atoms with Gasteiger partial charge in [0.05, 0.1) is 5.69 Å². The molecule has 0 fully saturated rings. The Morgan fingerprint density at radius 2 is 2.06 bits per heavy atom. The molecule has 0 atom stereocenters. The van der Waals surface area contributed by atoms with Crippen molar-refractivity contribution in [2.75, 3.05) is 5.32 Å². The van der Waals surface area contributed by atoms with E-state index < -0.39 is 17.2 Å². The highest BCUT2D eigenvalue weighted by atomic mass is 19.1. The lowest BCUT2D eigenvalue weighted by molar-refractivity contribution is 0.102. The summed E-state index contributed by atoms with van der Waals surface area (Å²) in [5.74, 6) is -1.18. The zero-order valence-corrected chi connectivity index (χ0v) is 9.66. The molecule has 4 nitrogen and oxygen atoms in total. The summed E-state index contributed by atoms with van der Waals surface area (Å²) in [5.41, 5.74) is 0.244. The third kappa shape index (κ3) is 2.45. The lowest BCUT2D eigenvalue weighted by Gasteiger charge is -2.05. The number of benzene rings is 1. The number of aromatic nitrogens is 1. The van der Waals surface area contributed by atoms with Crippen LogP contribution in [0.1, 0.15) is 16.1 Å². The second-order valence-corrected chi connectivity index (χ2v) is 3.83. The van der Waals surface area contributed by atoms with Gasteiger partial charge in [-0.15, -0.1) is 0 Å². The lowest BCUT2D eigenvalue weighted by atomic mass is 10.2. The van der Waals surface area contributed by atoms with Crippen LogP contribution in [0.4, 0.5) is 10.1 Å². The molecule has 0 unspecified atom stereocenters. The maximum absolute atomic E-state index is 13.3. The minimum atomic E-state index is -0.638. The largest absolute Gasteiger partial charge is 0.364 e. The summed E-state index contributed by atoms with van der Waals surface area (Å²) >= 11 is 0. The summed E-state index contributed by atoms with van der Waals surface area (Å²) in [6, 6.07) is 7.09. The number of halogens is 1. The number of para-hydroxylation sites is 1. The molecule has 5 heteroatoms. The zero-order valence-electron chi connectivity index (χ0n) is 9.66. The predicted molar refractivity (Wildman–Crippen MR) is 66.2 cm³/mol. The van der Waals surface area contributed by atoms with Gasteiger partial charge < -0.3 is 10.3 Å². The van der Waals surface area contributed by atoms with Crippen LogP contribution in [0.2, 0.25) is 0 Å². The van der Waals surface area contributed by atoms with Crippen LogP contribution in [0, 0.1) is 12.7 Å². The summed E-state index contributed by atoms with van der Waals surface area (Å²) in [5, 5.41) is 2.35. The Morgan fingerprint density at radius 1 is 1.33 bits per heavy atom. The second kappa shape index (κ2) is 4.83.